The SMILES string of the molecule is COc1ccc(S(=O)(=O)N2CCN3C(COCC3C3CC3)C2)cc1. The van der Waals surface area contributed by atoms with E-state index < -0.39 is 10.0 Å². The Hall–Kier alpha value is -1.15. The Morgan fingerprint density at radius 3 is 2.54 bits per heavy atom. The Morgan fingerprint density at radius 1 is 1.12 bits per heavy atom. The van der Waals surface area contributed by atoms with Crippen LogP contribution in [-0.4, -0.2) is 69.7 Å². The maximum absolute atomic E-state index is 12.9. The van der Waals surface area contributed by atoms with Crippen molar-refractivity contribution in [1.29, 1.82) is 0 Å². The summed E-state index contributed by atoms with van der Waals surface area (Å²) in [5.41, 5.74) is 0. The van der Waals surface area contributed by atoms with Crippen LogP contribution >= 0.6 is 0 Å². The first-order valence-electron chi connectivity index (χ1n) is 8.57. The van der Waals surface area contributed by atoms with Crippen LogP contribution < -0.4 is 4.74 Å². The first kappa shape index (κ1) is 16.3. The quantitative estimate of drug-likeness (QED) is 0.814. The number of hydrogen-bond acceptors (Lipinski definition) is 5. The first-order chi connectivity index (χ1) is 11.6. The van der Waals surface area contributed by atoms with Crippen molar-refractivity contribution in [2.24, 2.45) is 5.92 Å². The van der Waals surface area contributed by atoms with Gasteiger partial charge in [-0.1, -0.05) is 0 Å². The van der Waals surface area contributed by atoms with Gasteiger partial charge in [-0.05, 0) is 43.0 Å². The van der Waals surface area contributed by atoms with E-state index in [-0.39, 0.29) is 6.04 Å². The molecular formula is C17H24N2O4S. The molecule has 0 aromatic heterocycles. The van der Waals surface area contributed by atoms with Crippen LogP contribution in [-0.2, 0) is 14.8 Å². The third-order valence-corrected chi connectivity index (χ3v) is 7.26. The number of rotatable bonds is 4. The topological polar surface area (TPSA) is 59.1 Å². The smallest absolute Gasteiger partial charge is 0.243 e. The Bertz CT molecular complexity index is 687. The van der Waals surface area contributed by atoms with E-state index in [2.05, 4.69) is 4.90 Å². The lowest BCUT2D eigenvalue weighted by molar-refractivity contribution is -0.0759. The first-order valence-corrected chi connectivity index (χ1v) is 10.0. The van der Waals surface area contributed by atoms with E-state index >= 15 is 0 Å². The monoisotopic (exact) mass is 352 g/mol. The van der Waals surface area contributed by atoms with Crippen molar-refractivity contribution in [1.82, 2.24) is 9.21 Å². The van der Waals surface area contributed by atoms with Crippen molar-refractivity contribution >= 4 is 10.0 Å². The summed E-state index contributed by atoms with van der Waals surface area (Å²) < 4.78 is 38.3. The minimum Gasteiger partial charge on any atom is -0.497 e. The molecule has 0 amide bonds. The molecule has 7 heteroatoms. The fourth-order valence-electron chi connectivity index (χ4n) is 3.85. The number of benzene rings is 1. The Kier molecular flexibility index (Phi) is 4.28. The number of morpholine rings is 1. The molecule has 2 atom stereocenters. The van der Waals surface area contributed by atoms with Crippen molar-refractivity contribution in [3.05, 3.63) is 24.3 Å². The van der Waals surface area contributed by atoms with Gasteiger partial charge in [-0.15, -0.1) is 0 Å². The molecule has 1 aromatic rings. The van der Waals surface area contributed by atoms with E-state index in [0.29, 0.717) is 36.4 Å². The van der Waals surface area contributed by atoms with E-state index in [1.807, 2.05) is 0 Å². The van der Waals surface area contributed by atoms with Gasteiger partial charge in [0.1, 0.15) is 5.75 Å². The van der Waals surface area contributed by atoms with Crippen LogP contribution in [0.15, 0.2) is 29.2 Å². The summed E-state index contributed by atoms with van der Waals surface area (Å²) in [6, 6.07) is 7.27. The van der Waals surface area contributed by atoms with Gasteiger partial charge in [0.2, 0.25) is 10.0 Å². The molecule has 2 heterocycles. The molecule has 0 spiro atoms. The lowest BCUT2D eigenvalue weighted by atomic mass is 10.0. The van der Waals surface area contributed by atoms with Gasteiger partial charge in [0.15, 0.2) is 0 Å². The maximum Gasteiger partial charge on any atom is 0.243 e. The van der Waals surface area contributed by atoms with Crippen LogP contribution in [0.5, 0.6) is 5.75 Å². The molecule has 2 aliphatic heterocycles. The Morgan fingerprint density at radius 2 is 1.88 bits per heavy atom. The number of sulfonamides is 1. The third kappa shape index (κ3) is 2.94. The molecule has 0 radical (unpaired) electrons. The largest absolute Gasteiger partial charge is 0.497 e. The van der Waals surface area contributed by atoms with Gasteiger partial charge in [0, 0.05) is 31.7 Å². The average molecular weight is 352 g/mol. The predicted molar refractivity (Wildman–Crippen MR) is 89.6 cm³/mol. The predicted octanol–water partition coefficient (Wildman–Crippen LogP) is 1.18. The average Bonchev–Trinajstić information content (AvgIpc) is 3.45. The summed E-state index contributed by atoms with van der Waals surface area (Å²) >= 11 is 0. The van der Waals surface area contributed by atoms with E-state index in [0.717, 1.165) is 19.1 Å². The zero-order valence-corrected chi connectivity index (χ0v) is 14.7. The summed E-state index contributed by atoms with van der Waals surface area (Å²) in [6.45, 7) is 3.28. The fourth-order valence-corrected chi connectivity index (χ4v) is 5.32. The van der Waals surface area contributed by atoms with Crippen LogP contribution in [0, 0.1) is 5.92 Å². The van der Waals surface area contributed by atoms with E-state index in [9.17, 15) is 8.42 Å². The Balaban J connectivity index is 1.50. The minimum atomic E-state index is -3.46. The molecule has 0 N–H and O–H groups in total. The summed E-state index contributed by atoms with van der Waals surface area (Å²) in [6.07, 6.45) is 2.57. The van der Waals surface area contributed by atoms with Gasteiger partial charge in [-0.3, -0.25) is 4.90 Å². The highest BCUT2D eigenvalue weighted by molar-refractivity contribution is 7.89. The molecule has 132 valence electrons. The zero-order chi connectivity index (χ0) is 16.7. The van der Waals surface area contributed by atoms with Gasteiger partial charge in [0.05, 0.1) is 25.2 Å². The second-order valence-electron chi connectivity index (χ2n) is 6.87. The number of ether oxygens (including phenoxy) is 2. The number of fused-ring (bicyclic) bond motifs is 1. The van der Waals surface area contributed by atoms with E-state index in [1.165, 1.54) is 12.8 Å². The molecule has 2 saturated heterocycles. The zero-order valence-electron chi connectivity index (χ0n) is 13.9. The summed E-state index contributed by atoms with van der Waals surface area (Å²) in [7, 11) is -1.89. The normalized spacial score (nSPS) is 29.2. The van der Waals surface area contributed by atoms with Crippen LogP contribution in [0.3, 0.4) is 0 Å². The van der Waals surface area contributed by atoms with Crippen molar-refractivity contribution in [3.63, 3.8) is 0 Å². The summed E-state index contributed by atoms with van der Waals surface area (Å²) in [5.74, 6) is 1.41. The van der Waals surface area contributed by atoms with E-state index in [1.54, 1.807) is 35.7 Å². The second-order valence-corrected chi connectivity index (χ2v) is 8.81. The van der Waals surface area contributed by atoms with Crippen LogP contribution in [0.1, 0.15) is 12.8 Å². The number of hydrogen-bond donors (Lipinski definition) is 0. The van der Waals surface area contributed by atoms with Crippen molar-refractivity contribution in [2.45, 2.75) is 29.8 Å². The van der Waals surface area contributed by atoms with Crippen molar-refractivity contribution < 1.29 is 17.9 Å². The number of nitrogens with zero attached hydrogens (tertiary/aromatic N) is 2. The van der Waals surface area contributed by atoms with Gasteiger partial charge in [-0.25, -0.2) is 8.42 Å². The summed E-state index contributed by atoms with van der Waals surface area (Å²) in [4.78, 5) is 2.81. The van der Waals surface area contributed by atoms with Gasteiger partial charge < -0.3 is 9.47 Å². The van der Waals surface area contributed by atoms with Crippen LogP contribution in [0.2, 0.25) is 0 Å². The van der Waals surface area contributed by atoms with Crippen LogP contribution in [0.4, 0.5) is 0 Å². The lowest BCUT2D eigenvalue weighted by Gasteiger charge is -2.47. The Labute approximate surface area is 143 Å². The molecule has 3 fully saturated rings. The van der Waals surface area contributed by atoms with Gasteiger partial charge >= 0.3 is 0 Å². The maximum atomic E-state index is 12.9. The molecule has 24 heavy (non-hydrogen) atoms. The highest BCUT2D eigenvalue weighted by Gasteiger charge is 2.44. The molecule has 4 rings (SSSR count). The molecule has 1 aromatic carbocycles. The van der Waals surface area contributed by atoms with Gasteiger partial charge in [-0.2, -0.15) is 4.31 Å². The lowest BCUT2D eigenvalue weighted by Crippen LogP contribution is -2.63. The van der Waals surface area contributed by atoms with Crippen molar-refractivity contribution in [3.8, 4) is 5.75 Å². The highest BCUT2D eigenvalue weighted by atomic mass is 32.2. The second kappa shape index (κ2) is 6.29. The summed E-state index contributed by atoms with van der Waals surface area (Å²) in [5, 5.41) is 0. The standard InChI is InChI=1S/C17H24N2O4S/c1-22-15-4-6-16(7-5-15)24(20,21)18-8-9-19-14(10-18)11-23-12-17(19)13-2-3-13/h4-7,13-14,17H,2-3,8-12H2,1H3. The van der Waals surface area contributed by atoms with Gasteiger partial charge in [0.25, 0.3) is 0 Å². The molecule has 3 aliphatic rings. The van der Waals surface area contributed by atoms with E-state index in [4.69, 9.17) is 9.47 Å². The molecule has 2 unspecified atom stereocenters. The third-order valence-electron chi connectivity index (χ3n) is 5.38. The molecule has 1 aliphatic carbocycles. The number of piperazine rings is 1. The van der Waals surface area contributed by atoms with Crippen LogP contribution in [0.25, 0.3) is 0 Å². The highest BCUT2D eigenvalue weighted by Crippen LogP contribution is 2.38. The molecular weight excluding hydrogens is 328 g/mol. The fraction of sp³-hybridized carbons (Fsp3) is 0.647. The molecule has 6 nitrogen and oxygen atoms in total. The van der Waals surface area contributed by atoms with Crippen molar-refractivity contribution in [2.75, 3.05) is 40.0 Å². The molecule has 0 bridgehead atoms. The minimum absolute atomic E-state index is 0.172. The molecule has 1 saturated carbocycles. The number of methoxy groups -OCH3 is 1.